The molecule has 0 radical (unpaired) electrons. The van der Waals surface area contributed by atoms with Crippen LogP contribution in [0.25, 0.3) is 34.4 Å². The van der Waals surface area contributed by atoms with Gasteiger partial charge in [0, 0.05) is 70.0 Å². The number of pyridine rings is 2. The van der Waals surface area contributed by atoms with Crippen molar-refractivity contribution in [3.63, 3.8) is 0 Å². The zero-order chi connectivity index (χ0) is 74.6. The van der Waals surface area contributed by atoms with E-state index >= 15 is 0 Å². The number of ketones is 1. The van der Waals surface area contributed by atoms with Gasteiger partial charge in [0.1, 0.15) is 22.9 Å². The first-order valence-corrected chi connectivity index (χ1v) is 32.3. The Morgan fingerprint density at radius 3 is 1.35 bits per heavy atom. The van der Waals surface area contributed by atoms with Gasteiger partial charge in [-0.25, -0.2) is 33.9 Å². The van der Waals surface area contributed by atoms with Gasteiger partial charge >= 0.3 is 41.5 Å². The first-order valence-electron chi connectivity index (χ1n) is 32.3. The highest BCUT2D eigenvalue weighted by molar-refractivity contribution is 6.10. The lowest BCUT2D eigenvalue weighted by atomic mass is 9.90. The molecule has 536 valence electrons. The molecule has 0 unspecified atom stereocenters. The van der Waals surface area contributed by atoms with E-state index in [0.29, 0.717) is 76.5 Å². The quantitative estimate of drug-likeness (QED) is 0.00800. The van der Waals surface area contributed by atoms with E-state index in [1.807, 2.05) is 0 Å². The van der Waals surface area contributed by atoms with Gasteiger partial charge in [-0.1, -0.05) is 61.7 Å². The summed E-state index contributed by atoms with van der Waals surface area (Å²) in [6.07, 6.45) is 6.85. The third-order valence-corrected chi connectivity index (χ3v) is 15.9. The lowest BCUT2D eigenvalue weighted by molar-refractivity contribution is -0.142. The number of aromatic nitrogens is 2. The Morgan fingerprint density at radius 1 is 0.573 bits per heavy atom. The van der Waals surface area contributed by atoms with Gasteiger partial charge in [0.25, 0.3) is 11.8 Å². The average Bonchev–Trinajstić information content (AvgIpc) is 1.75. The number of rotatable bonds is 30. The number of aryl methyl sites for hydroxylation is 2. The van der Waals surface area contributed by atoms with Crippen molar-refractivity contribution in [2.24, 2.45) is 11.8 Å². The number of nitrogens with one attached hydrogen (secondary N) is 4. The van der Waals surface area contributed by atoms with Crippen molar-refractivity contribution in [2.45, 2.75) is 85.9 Å². The zero-order valence-electron chi connectivity index (χ0n) is 57.2. The number of carbonyl (C=O) groups excluding carboxylic acids is 7. The maximum absolute atomic E-state index is 14.0. The van der Waals surface area contributed by atoms with Crippen LogP contribution in [0.4, 0.5) is 5.69 Å². The van der Waals surface area contributed by atoms with E-state index in [1.54, 1.807) is 74.5 Å². The minimum absolute atomic E-state index is 0.00135. The zero-order valence-corrected chi connectivity index (χ0v) is 57.2. The van der Waals surface area contributed by atoms with Crippen LogP contribution in [0.15, 0.2) is 137 Å². The molecule has 0 saturated heterocycles. The molecule has 7 N–H and O–H groups in total. The average molecular weight is 1410 g/mol. The molecule has 4 aromatic carbocycles. The molecule has 0 spiro atoms. The molecular weight excluding hydrogens is 1330 g/mol. The van der Waals surface area contributed by atoms with Gasteiger partial charge in [0.05, 0.1) is 45.8 Å². The molecule has 4 aromatic heterocycles. The van der Waals surface area contributed by atoms with E-state index < -0.39 is 60.6 Å². The number of benzene rings is 4. The number of ether oxygens (including phenoxy) is 6. The van der Waals surface area contributed by atoms with Gasteiger partial charge in [0.15, 0.2) is 53.4 Å². The molecule has 0 atom stereocenters. The number of nitrogens with two attached hydrogens (primary N) is 1. The third kappa shape index (κ3) is 20.7. The second-order valence-corrected chi connectivity index (χ2v) is 23.3. The summed E-state index contributed by atoms with van der Waals surface area (Å²) in [7, 11) is 2.87. The molecule has 2 saturated carbocycles. The molecule has 2 aliphatic carbocycles. The number of nitrogen functional groups attached to an aromatic ring is 1. The van der Waals surface area contributed by atoms with E-state index in [1.165, 1.54) is 76.6 Å². The number of anilines is 1. The summed E-state index contributed by atoms with van der Waals surface area (Å²) in [5.41, 5.74) is 9.37. The van der Waals surface area contributed by atoms with Crippen molar-refractivity contribution < 1.29 is 89.6 Å². The first-order chi connectivity index (χ1) is 49.3. The Labute approximate surface area is 589 Å². The van der Waals surface area contributed by atoms with Crippen LogP contribution in [0.3, 0.4) is 0 Å². The lowest BCUT2D eigenvalue weighted by Crippen LogP contribution is -2.27. The van der Waals surface area contributed by atoms with Crippen LogP contribution >= 0.6 is 0 Å². The van der Waals surface area contributed by atoms with Gasteiger partial charge in [-0.2, -0.15) is 0 Å². The van der Waals surface area contributed by atoms with E-state index in [4.69, 9.17) is 62.6 Å². The summed E-state index contributed by atoms with van der Waals surface area (Å²) in [5.74, 6) is -5.46. The molecule has 2 aliphatic rings. The number of methoxy groups -OCH3 is 2. The van der Waals surface area contributed by atoms with Gasteiger partial charge in [-0.3, -0.25) is 24.0 Å². The number of nitrogens with zero attached hydrogens (tertiary/aromatic N) is 2. The largest absolute Gasteiger partial charge is 0.519 e. The van der Waals surface area contributed by atoms with Crippen molar-refractivity contribution >= 4 is 76.7 Å². The summed E-state index contributed by atoms with van der Waals surface area (Å²) >= 11 is 0. The molecule has 2 fully saturated rings. The van der Waals surface area contributed by atoms with Crippen molar-refractivity contribution in [2.75, 3.05) is 46.3 Å². The monoisotopic (exact) mass is 1410 g/mol. The maximum atomic E-state index is 14.0. The Morgan fingerprint density at radius 2 is 0.981 bits per heavy atom. The Balaban J connectivity index is 0.000000224. The molecule has 28 heteroatoms. The molecule has 2 amide bonds. The highest BCUT2D eigenvalue weighted by Gasteiger charge is 2.30. The number of carboxylic acids is 1. The second kappa shape index (κ2) is 35.4. The number of carboxylic acid groups (broad SMARTS) is 1. The molecule has 103 heavy (non-hydrogen) atoms. The SMILES string of the molecule is C=Cc1cc(C(=O)Cc2ccc(C(=N)CC(=O)OCC)cc2)c(-c2ccc(C(=O)NCC3CC3)nc2C(=O)OCc2oc(=O)oc2C)cc1OC.C=Cc1cc(C(=O)O)c(-c2ccc(C(=O)NCC3CC3)nc2C(=O)OCc2oc(=O)oc2C)cc1OC.CCOC(=O)CC(=N)c1ccc(N)cc1. The second-order valence-electron chi connectivity index (χ2n) is 23.3. The summed E-state index contributed by atoms with van der Waals surface area (Å²) in [6, 6.07) is 25.3. The molecule has 8 aromatic rings. The van der Waals surface area contributed by atoms with Crippen molar-refractivity contribution in [1.29, 1.82) is 10.8 Å². The fraction of sp³-hybridized carbons (Fsp3) is 0.280. The Kier molecular flexibility index (Phi) is 26.2. The van der Waals surface area contributed by atoms with Crippen LogP contribution in [-0.2, 0) is 48.2 Å². The Hall–Kier alpha value is -12.6. The molecular formula is C75H75N7O21. The third-order valence-electron chi connectivity index (χ3n) is 15.9. The Bertz CT molecular complexity index is 4690. The van der Waals surface area contributed by atoms with Gasteiger partial charge in [-0.05, 0) is 148 Å². The summed E-state index contributed by atoms with van der Waals surface area (Å²) < 4.78 is 50.8. The number of carbonyl (C=O) groups is 8. The van der Waals surface area contributed by atoms with E-state index in [2.05, 4.69) is 33.8 Å². The van der Waals surface area contributed by atoms with Gasteiger partial charge < -0.3 is 78.4 Å². The fourth-order valence-corrected chi connectivity index (χ4v) is 10.1. The number of hydrogen-bond donors (Lipinski definition) is 6. The number of esters is 4. The van der Waals surface area contributed by atoms with Crippen LogP contribution in [0.2, 0.25) is 0 Å². The van der Waals surface area contributed by atoms with E-state index in [-0.39, 0.29) is 128 Å². The number of amides is 2. The lowest BCUT2D eigenvalue weighted by Gasteiger charge is -2.17. The van der Waals surface area contributed by atoms with E-state index in [0.717, 1.165) is 25.7 Å². The number of aromatic carboxylic acids is 1. The number of hydrogen-bond acceptors (Lipinski definition) is 25. The molecule has 0 bridgehead atoms. The van der Waals surface area contributed by atoms with Crippen molar-refractivity contribution in [3.8, 4) is 33.8 Å². The molecule has 10 rings (SSSR count). The normalized spacial score (nSPS) is 11.9. The van der Waals surface area contributed by atoms with Crippen LogP contribution in [-0.4, -0.2) is 114 Å². The smallest absolute Gasteiger partial charge is 0.496 e. The molecule has 4 heterocycles. The standard InChI is InChI=1S/C38H37N3O10.C26H24N2O9.C11H14N2O2/c1-5-24-16-28(31(42)15-22-9-11-25(12-10-22)29(39)18-34(43)48-6-2)27(17-32(24)47-4)26-13-14-30(36(44)40-19-23-7-8-23)41-35(26)37(45)49-20-33-21(3)50-38(46)51-33;1-4-15-9-18(24(30)31)17(10-20(15)34-3)16-7-8-19(23(29)27-11-14-5-6-14)28-22(16)25(32)35-12-21-13(2)36-26(33)37-21;1-2-15-11(14)7-10(13)8-3-5-9(12)6-4-8/h5,9-14,16-17,23,39H,1,6-8,15,18-20H2,2-4H3,(H,40,44);4,7-10,14H,1,5-6,11-12H2,2-3H3,(H,27,29)(H,30,31);3-6,13H,2,7,12H2,1H3. The van der Waals surface area contributed by atoms with Crippen molar-refractivity contribution in [3.05, 3.63) is 216 Å². The maximum Gasteiger partial charge on any atom is 0.519 e. The van der Waals surface area contributed by atoms with Gasteiger partial charge in [0.2, 0.25) is 0 Å². The van der Waals surface area contributed by atoms with Crippen LogP contribution < -0.4 is 37.5 Å². The summed E-state index contributed by atoms with van der Waals surface area (Å²) in [6.45, 7) is 14.5. The minimum atomic E-state index is -1.26. The van der Waals surface area contributed by atoms with Crippen LogP contribution in [0, 0.1) is 36.5 Å². The fourth-order valence-electron chi connectivity index (χ4n) is 10.1. The minimum Gasteiger partial charge on any atom is -0.496 e. The van der Waals surface area contributed by atoms with Crippen LogP contribution in [0.5, 0.6) is 11.5 Å². The van der Waals surface area contributed by atoms with Crippen LogP contribution in [0.1, 0.15) is 166 Å². The number of Topliss-reactive ketones (excluding diaryl/α,β-unsaturated/α-hetero) is 1. The highest BCUT2D eigenvalue weighted by atomic mass is 16.6. The topological polar surface area (TPSA) is 422 Å². The molecule has 0 aliphatic heterocycles. The summed E-state index contributed by atoms with van der Waals surface area (Å²) in [4.78, 5) is 133. The summed E-state index contributed by atoms with van der Waals surface area (Å²) in [5, 5.41) is 31.4. The van der Waals surface area contributed by atoms with Gasteiger partial charge in [-0.15, -0.1) is 0 Å². The predicted molar refractivity (Wildman–Crippen MR) is 373 cm³/mol. The highest BCUT2D eigenvalue weighted by Crippen LogP contribution is 2.37. The first kappa shape index (κ1) is 76.1. The van der Waals surface area contributed by atoms with E-state index in [9.17, 15) is 53.1 Å². The molecule has 28 nitrogen and oxygen atoms in total. The van der Waals surface area contributed by atoms with Crippen molar-refractivity contribution in [1.82, 2.24) is 20.6 Å². The predicted octanol–water partition coefficient (Wildman–Crippen LogP) is 10.5.